The highest BCUT2D eigenvalue weighted by atomic mass is 16.5. The topological polar surface area (TPSA) is 87.7 Å². The summed E-state index contributed by atoms with van der Waals surface area (Å²) in [6.07, 6.45) is 0. The van der Waals surface area contributed by atoms with Crippen molar-refractivity contribution in [1.82, 2.24) is 10.2 Å². The van der Waals surface area contributed by atoms with Crippen molar-refractivity contribution in [1.29, 1.82) is 0 Å². The molecule has 2 aromatic carbocycles. The van der Waals surface area contributed by atoms with E-state index in [-0.39, 0.29) is 6.54 Å². The Hall–Kier alpha value is -3.35. The summed E-state index contributed by atoms with van der Waals surface area (Å²) in [5, 5.41) is 5.33. The molecule has 1 saturated heterocycles. The number of hydrogen-bond acceptors (Lipinski definition) is 4. The Labute approximate surface area is 150 Å². The van der Waals surface area contributed by atoms with Crippen molar-refractivity contribution in [3.8, 4) is 5.75 Å². The largest absolute Gasteiger partial charge is 0.497 e. The number of nitrogens with one attached hydrogen (secondary N) is 2. The van der Waals surface area contributed by atoms with E-state index in [2.05, 4.69) is 10.6 Å². The number of anilines is 1. The van der Waals surface area contributed by atoms with Gasteiger partial charge < -0.3 is 15.4 Å². The van der Waals surface area contributed by atoms with Crippen molar-refractivity contribution in [2.24, 2.45) is 0 Å². The van der Waals surface area contributed by atoms with E-state index in [1.54, 1.807) is 55.5 Å². The molecule has 2 N–H and O–H groups in total. The minimum Gasteiger partial charge on any atom is -0.497 e. The molecule has 1 fully saturated rings. The number of carbonyl (C=O) groups is 3. The fourth-order valence-corrected chi connectivity index (χ4v) is 2.85. The van der Waals surface area contributed by atoms with Gasteiger partial charge in [-0.25, -0.2) is 4.79 Å². The zero-order chi connectivity index (χ0) is 18.7. The first-order chi connectivity index (χ1) is 12.4. The summed E-state index contributed by atoms with van der Waals surface area (Å²) in [5.74, 6) is -0.344. The first kappa shape index (κ1) is 17.5. The number of benzene rings is 2. The first-order valence-electron chi connectivity index (χ1n) is 8.07. The number of carbonyl (C=O) groups excluding carboxylic acids is 3. The van der Waals surface area contributed by atoms with Crippen LogP contribution in [0.2, 0.25) is 0 Å². The van der Waals surface area contributed by atoms with Crippen molar-refractivity contribution >= 4 is 23.5 Å². The number of imide groups is 1. The predicted molar refractivity (Wildman–Crippen MR) is 95.7 cm³/mol. The predicted octanol–water partition coefficient (Wildman–Crippen LogP) is 2.10. The van der Waals surface area contributed by atoms with Crippen molar-refractivity contribution in [3.05, 3.63) is 60.2 Å². The van der Waals surface area contributed by atoms with E-state index in [1.807, 2.05) is 6.07 Å². The summed E-state index contributed by atoms with van der Waals surface area (Å²) in [7, 11) is 1.53. The summed E-state index contributed by atoms with van der Waals surface area (Å²) < 4.78 is 5.10. The Morgan fingerprint density at radius 2 is 1.88 bits per heavy atom. The second-order valence-corrected chi connectivity index (χ2v) is 6.09. The molecule has 134 valence electrons. The number of methoxy groups -OCH3 is 1. The lowest BCUT2D eigenvalue weighted by atomic mass is 9.92. The van der Waals surface area contributed by atoms with Gasteiger partial charge in [0.2, 0.25) is 5.91 Å². The number of urea groups is 1. The molecule has 0 saturated carbocycles. The molecule has 4 amide bonds. The minimum absolute atomic E-state index is 0.371. The highest BCUT2D eigenvalue weighted by molar-refractivity contribution is 6.10. The Kier molecular flexibility index (Phi) is 4.62. The molecular formula is C19H19N3O4. The van der Waals surface area contributed by atoms with E-state index in [1.165, 1.54) is 7.11 Å². The van der Waals surface area contributed by atoms with Crippen LogP contribution in [0.1, 0.15) is 12.5 Å². The van der Waals surface area contributed by atoms with Gasteiger partial charge in [-0.1, -0.05) is 36.4 Å². The monoisotopic (exact) mass is 353 g/mol. The quantitative estimate of drug-likeness (QED) is 0.806. The molecular weight excluding hydrogens is 334 g/mol. The van der Waals surface area contributed by atoms with Gasteiger partial charge in [0, 0.05) is 11.8 Å². The van der Waals surface area contributed by atoms with Crippen molar-refractivity contribution in [2.45, 2.75) is 12.5 Å². The van der Waals surface area contributed by atoms with Gasteiger partial charge in [-0.15, -0.1) is 0 Å². The maximum Gasteiger partial charge on any atom is 0.325 e. The summed E-state index contributed by atoms with van der Waals surface area (Å²) >= 11 is 0. The van der Waals surface area contributed by atoms with E-state index in [9.17, 15) is 14.4 Å². The molecule has 1 heterocycles. The van der Waals surface area contributed by atoms with Gasteiger partial charge in [-0.3, -0.25) is 14.5 Å². The summed E-state index contributed by atoms with van der Waals surface area (Å²) in [5.41, 5.74) is -0.00418. The molecule has 1 atom stereocenters. The van der Waals surface area contributed by atoms with Crippen LogP contribution in [0.5, 0.6) is 5.75 Å². The molecule has 3 rings (SSSR count). The van der Waals surface area contributed by atoms with Crippen LogP contribution in [0.4, 0.5) is 10.5 Å². The molecule has 0 bridgehead atoms. The van der Waals surface area contributed by atoms with Gasteiger partial charge in [-0.05, 0) is 24.6 Å². The molecule has 2 aromatic rings. The second-order valence-electron chi connectivity index (χ2n) is 6.09. The smallest absolute Gasteiger partial charge is 0.325 e. The molecule has 0 radical (unpaired) electrons. The number of ether oxygens (including phenoxy) is 1. The fraction of sp³-hybridized carbons (Fsp3) is 0.211. The Morgan fingerprint density at radius 1 is 1.15 bits per heavy atom. The Bertz CT molecular complexity index is 853. The standard InChI is InChI=1S/C19H19N3O4/c1-19(13-7-4-3-5-8-13)17(24)22(18(25)21-19)12-16(23)20-14-9-6-10-15(11-14)26-2/h3-11H,12H2,1-2H3,(H,20,23)(H,21,25)/t19-/m0/s1. The van der Waals surface area contributed by atoms with Crippen molar-refractivity contribution < 1.29 is 19.1 Å². The van der Waals surface area contributed by atoms with Gasteiger partial charge in [0.15, 0.2) is 0 Å². The molecule has 1 aliphatic heterocycles. The summed E-state index contributed by atoms with van der Waals surface area (Å²) in [6.45, 7) is 1.26. The zero-order valence-corrected chi connectivity index (χ0v) is 14.5. The number of hydrogen-bond donors (Lipinski definition) is 2. The van der Waals surface area contributed by atoms with E-state index in [0.717, 1.165) is 4.90 Å². The van der Waals surface area contributed by atoms with Crippen molar-refractivity contribution in [2.75, 3.05) is 19.0 Å². The molecule has 7 nitrogen and oxygen atoms in total. The molecule has 0 aromatic heterocycles. The van der Waals surface area contributed by atoms with Crippen molar-refractivity contribution in [3.63, 3.8) is 0 Å². The molecule has 26 heavy (non-hydrogen) atoms. The van der Waals surface area contributed by atoms with E-state index < -0.39 is 23.4 Å². The Balaban J connectivity index is 1.72. The molecule has 0 unspecified atom stereocenters. The van der Waals surface area contributed by atoms with Crippen LogP contribution in [0, 0.1) is 0 Å². The highest BCUT2D eigenvalue weighted by Crippen LogP contribution is 2.28. The van der Waals surface area contributed by atoms with E-state index in [4.69, 9.17) is 4.74 Å². The van der Waals surface area contributed by atoms with Gasteiger partial charge in [-0.2, -0.15) is 0 Å². The lowest BCUT2D eigenvalue weighted by molar-refractivity contribution is -0.133. The van der Waals surface area contributed by atoms with E-state index in [0.29, 0.717) is 17.0 Å². The molecule has 0 spiro atoms. The van der Waals surface area contributed by atoms with Gasteiger partial charge in [0.25, 0.3) is 5.91 Å². The average molecular weight is 353 g/mol. The zero-order valence-electron chi connectivity index (χ0n) is 14.5. The highest BCUT2D eigenvalue weighted by Gasteiger charge is 2.49. The van der Waals surface area contributed by atoms with Crippen LogP contribution in [-0.4, -0.2) is 36.4 Å². The minimum atomic E-state index is -1.19. The van der Waals surface area contributed by atoms with Crippen LogP contribution in [0.15, 0.2) is 54.6 Å². The molecule has 1 aliphatic rings. The summed E-state index contributed by atoms with van der Waals surface area (Å²) in [4.78, 5) is 38.2. The lowest BCUT2D eigenvalue weighted by Crippen LogP contribution is -2.42. The number of nitrogens with zero attached hydrogens (tertiary/aromatic N) is 1. The van der Waals surface area contributed by atoms with Crippen LogP contribution in [0.25, 0.3) is 0 Å². The Morgan fingerprint density at radius 3 is 2.58 bits per heavy atom. The first-order valence-corrected chi connectivity index (χ1v) is 8.07. The SMILES string of the molecule is COc1cccc(NC(=O)CN2C(=O)N[C@@](C)(c3ccccc3)C2=O)c1. The maximum absolute atomic E-state index is 12.8. The fourth-order valence-electron chi connectivity index (χ4n) is 2.85. The van der Waals surface area contributed by atoms with Gasteiger partial charge >= 0.3 is 6.03 Å². The number of rotatable bonds is 5. The molecule has 7 heteroatoms. The molecule has 0 aliphatic carbocycles. The van der Waals surface area contributed by atoms with E-state index >= 15 is 0 Å². The third kappa shape index (κ3) is 3.23. The summed E-state index contributed by atoms with van der Waals surface area (Å²) in [6, 6.07) is 15.2. The lowest BCUT2D eigenvalue weighted by Gasteiger charge is -2.22. The van der Waals surface area contributed by atoms with Crippen LogP contribution < -0.4 is 15.4 Å². The van der Waals surface area contributed by atoms with Gasteiger partial charge in [0.1, 0.15) is 17.8 Å². The number of amides is 4. The third-order valence-electron chi connectivity index (χ3n) is 4.28. The maximum atomic E-state index is 12.8. The van der Waals surface area contributed by atoms with Crippen LogP contribution in [-0.2, 0) is 15.1 Å². The van der Waals surface area contributed by atoms with Gasteiger partial charge in [0.05, 0.1) is 7.11 Å². The normalized spacial score (nSPS) is 19.2. The second kappa shape index (κ2) is 6.87. The third-order valence-corrected chi connectivity index (χ3v) is 4.28. The average Bonchev–Trinajstić information content (AvgIpc) is 2.87. The van der Waals surface area contributed by atoms with Crippen LogP contribution in [0.3, 0.4) is 0 Å². The van der Waals surface area contributed by atoms with Crippen LogP contribution >= 0.6 is 0 Å².